The molecule has 21 heavy (non-hydrogen) atoms. The number of alkyl carbamates (subject to hydrolysis) is 1. The Morgan fingerprint density at radius 3 is 2.95 bits per heavy atom. The van der Waals surface area contributed by atoms with E-state index in [-0.39, 0.29) is 6.54 Å². The summed E-state index contributed by atoms with van der Waals surface area (Å²) in [5.74, 6) is 6.02. The number of carbonyl (C=O) groups excluding carboxylic acids is 1. The van der Waals surface area contributed by atoms with Crippen LogP contribution in [0.3, 0.4) is 0 Å². The number of benzene rings is 1. The summed E-state index contributed by atoms with van der Waals surface area (Å²) in [7, 11) is 0. The van der Waals surface area contributed by atoms with E-state index in [9.17, 15) is 4.79 Å². The number of carbonyl (C=O) groups is 1. The number of hydrogen-bond donors (Lipinski definition) is 2. The van der Waals surface area contributed by atoms with Crippen LogP contribution in [0.15, 0.2) is 18.2 Å². The largest absolute Gasteiger partial charge is 0.444 e. The molecule has 0 fully saturated rings. The lowest BCUT2D eigenvalue weighted by atomic mass is 9.99. The second-order valence-electron chi connectivity index (χ2n) is 6.07. The van der Waals surface area contributed by atoms with E-state index >= 15 is 0 Å². The van der Waals surface area contributed by atoms with Crippen molar-refractivity contribution in [3.05, 3.63) is 34.9 Å². The second-order valence-corrected chi connectivity index (χ2v) is 6.07. The molecule has 4 nitrogen and oxygen atoms in total. The Hall–Kier alpha value is -1.99. The number of amides is 1. The van der Waals surface area contributed by atoms with Gasteiger partial charge in [0.25, 0.3) is 0 Å². The highest BCUT2D eigenvalue weighted by atomic mass is 16.6. The van der Waals surface area contributed by atoms with Crippen LogP contribution in [0.2, 0.25) is 0 Å². The Morgan fingerprint density at radius 1 is 1.38 bits per heavy atom. The lowest BCUT2D eigenvalue weighted by Gasteiger charge is -2.19. The Morgan fingerprint density at radius 2 is 2.19 bits per heavy atom. The van der Waals surface area contributed by atoms with Crippen molar-refractivity contribution in [3.8, 4) is 11.8 Å². The van der Waals surface area contributed by atoms with Crippen molar-refractivity contribution in [2.24, 2.45) is 0 Å². The molecule has 0 saturated heterocycles. The summed E-state index contributed by atoms with van der Waals surface area (Å²) < 4.78 is 5.14. The van der Waals surface area contributed by atoms with Crippen LogP contribution >= 0.6 is 0 Å². The quantitative estimate of drug-likeness (QED) is 0.778. The van der Waals surface area contributed by atoms with E-state index in [0.717, 1.165) is 25.1 Å². The predicted octanol–water partition coefficient (Wildman–Crippen LogP) is 2.21. The Balaban J connectivity index is 1.87. The van der Waals surface area contributed by atoms with Crippen molar-refractivity contribution in [1.82, 2.24) is 10.6 Å². The van der Waals surface area contributed by atoms with Gasteiger partial charge in [0.1, 0.15) is 5.60 Å². The molecule has 0 unspecified atom stereocenters. The van der Waals surface area contributed by atoms with Crippen LogP contribution in [-0.4, -0.2) is 24.8 Å². The first-order chi connectivity index (χ1) is 9.94. The minimum Gasteiger partial charge on any atom is -0.444 e. The van der Waals surface area contributed by atoms with Crippen molar-refractivity contribution >= 4 is 6.09 Å². The van der Waals surface area contributed by atoms with Crippen molar-refractivity contribution in [2.45, 2.75) is 39.3 Å². The van der Waals surface area contributed by atoms with Crippen molar-refractivity contribution in [3.63, 3.8) is 0 Å². The molecular weight excluding hydrogens is 264 g/mol. The third-order valence-corrected chi connectivity index (χ3v) is 3.05. The number of hydrogen-bond acceptors (Lipinski definition) is 3. The molecule has 1 aliphatic rings. The normalized spacial score (nSPS) is 13.7. The standard InChI is InChI=1S/C17H22N2O2/c1-17(2,3)21-16(20)19-9-4-5-13-6-7-15-12-18-10-8-14(15)11-13/h6-7,11,18H,8-10,12H2,1-3H3,(H,19,20). The fraction of sp³-hybridized carbons (Fsp3) is 0.471. The lowest BCUT2D eigenvalue weighted by molar-refractivity contribution is 0.0535. The molecule has 1 aliphatic heterocycles. The minimum absolute atomic E-state index is 0.285. The van der Waals surface area contributed by atoms with E-state index in [0.29, 0.717) is 0 Å². The van der Waals surface area contributed by atoms with Crippen LogP contribution in [0.4, 0.5) is 4.79 Å². The summed E-state index contributed by atoms with van der Waals surface area (Å²) in [6.45, 7) is 7.74. The van der Waals surface area contributed by atoms with E-state index in [2.05, 4.69) is 34.6 Å². The second kappa shape index (κ2) is 6.64. The highest BCUT2D eigenvalue weighted by molar-refractivity contribution is 5.68. The zero-order chi connectivity index (χ0) is 15.3. The van der Waals surface area contributed by atoms with Crippen LogP contribution in [0.5, 0.6) is 0 Å². The average molecular weight is 286 g/mol. The molecule has 0 saturated carbocycles. The molecule has 112 valence electrons. The molecule has 1 aromatic carbocycles. The molecule has 0 bridgehead atoms. The maximum absolute atomic E-state index is 11.5. The molecule has 4 heteroatoms. The highest BCUT2D eigenvalue weighted by Crippen LogP contribution is 2.15. The first kappa shape index (κ1) is 15.4. The monoisotopic (exact) mass is 286 g/mol. The van der Waals surface area contributed by atoms with Gasteiger partial charge in [-0.25, -0.2) is 4.79 Å². The first-order valence-electron chi connectivity index (χ1n) is 7.22. The zero-order valence-electron chi connectivity index (χ0n) is 12.9. The van der Waals surface area contributed by atoms with E-state index < -0.39 is 11.7 Å². The number of rotatable bonds is 1. The van der Waals surface area contributed by atoms with Gasteiger partial charge in [-0.3, -0.25) is 0 Å². The van der Waals surface area contributed by atoms with E-state index in [1.165, 1.54) is 11.1 Å². The van der Waals surface area contributed by atoms with Gasteiger partial charge in [0.05, 0.1) is 6.54 Å². The van der Waals surface area contributed by atoms with Gasteiger partial charge in [0, 0.05) is 12.1 Å². The van der Waals surface area contributed by atoms with Gasteiger partial charge in [-0.2, -0.15) is 0 Å². The maximum atomic E-state index is 11.5. The average Bonchev–Trinajstić information content (AvgIpc) is 2.41. The van der Waals surface area contributed by atoms with Crippen LogP contribution < -0.4 is 10.6 Å². The summed E-state index contributed by atoms with van der Waals surface area (Å²) in [6, 6.07) is 6.27. The summed E-state index contributed by atoms with van der Waals surface area (Å²) in [4.78, 5) is 11.5. The molecular formula is C17H22N2O2. The van der Waals surface area contributed by atoms with Crippen molar-refractivity contribution in [1.29, 1.82) is 0 Å². The molecule has 2 N–H and O–H groups in total. The van der Waals surface area contributed by atoms with Gasteiger partial charge >= 0.3 is 6.09 Å². The molecule has 0 spiro atoms. The van der Waals surface area contributed by atoms with Gasteiger partial charge in [0.2, 0.25) is 0 Å². The van der Waals surface area contributed by atoms with E-state index in [4.69, 9.17) is 4.74 Å². The molecule has 0 atom stereocenters. The van der Waals surface area contributed by atoms with Gasteiger partial charge in [-0.1, -0.05) is 17.9 Å². The van der Waals surface area contributed by atoms with Gasteiger partial charge < -0.3 is 15.4 Å². The highest BCUT2D eigenvalue weighted by Gasteiger charge is 2.15. The predicted molar refractivity (Wildman–Crippen MR) is 83.0 cm³/mol. The Labute approximate surface area is 126 Å². The summed E-state index contributed by atoms with van der Waals surface area (Å²) >= 11 is 0. The smallest absolute Gasteiger partial charge is 0.408 e. The summed E-state index contributed by atoms with van der Waals surface area (Å²) in [5, 5.41) is 5.97. The van der Waals surface area contributed by atoms with Crippen molar-refractivity contribution < 1.29 is 9.53 Å². The van der Waals surface area contributed by atoms with E-state index in [1.54, 1.807) is 0 Å². The number of ether oxygens (including phenoxy) is 1. The van der Waals surface area contributed by atoms with Gasteiger partial charge in [-0.05, 0) is 57.0 Å². The molecule has 1 amide bonds. The van der Waals surface area contributed by atoms with Crippen molar-refractivity contribution in [2.75, 3.05) is 13.1 Å². The third kappa shape index (κ3) is 5.13. The molecule has 2 rings (SSSR count). The molecule has 1 heterocycles. The zero-order valence-corrected chi connectivity index (χ0v) is 12.9. The molecule has 0 aliphatic carbocycles. The summed E-state index contributed by atoms with van der Waals surface area (Å²) in [5.41, 5.74) is 3.21. The molecule has 1 aromatic rings. The van der Waals surface area contributed by atoms with Gasteiger partial charge in [-0.15, -0.1) is 0 Å². The maximum Gasteiger partial charge on any atom is 0.408 e. The SMILES string of the molecule is CC(C)(C)OC(=O)NCC#Cc1ccc2c(c1)CCNC2. The van der Waals surface area contributed by atoms with E-state index in [1.807, 2.05) is 26.8 Å². The van der Waals surface area contributed by atoms with Crippen LogP contribution in [0, 0.1) is 11.8 Å². The third-order valence-electron chi connectivity index (χ3n) is 3.05. The van der Waals surface area contributed by atoms with Crippen LogP contribution in [-0.2, 0) is 17.7 Å². The fourth-order valence-corrected chi connectivity index (χ4v) is 2.13. The Bertz CT molecular complexity index is 577. The first-order valence-corrected chi connectivity index (χ1v) is 7.22. The van der Waals surface area contributed by atoms with Crippen LogP contribution in [0.1, 0.15) is 37.5 Å². The topological polar surface area (TPSA) is 50.4 Å². The molecule has 0 aromatic heterocycles. The Kier molecular flexibility index (Phi) is 4.87. The number of nitrogens with one attached hydrogen (secondary N) is 2. The molecule has 0 radical (unpaired) electrons. The van der Waals surface area contributed by atoms with Gasteiger partial charge in [0.15, 0.2) is 0 Å². The fourth-order valence-electron chi connectivity index (χ4n) is 2.13. The number of fused-ring (bicyclic) bond motifs is 1. The van der Waals surface area contributed by atoms with Crippen LogP contribution in [0.25, 0.3) is 0 Å². The summed E-state index contributed by atoms with van der Waals surface area (Å²) in [6.07, 6.45) is 0.606. The minimum atomic E-state index is -0.482. The lowest BCUT2D eigenvalue weighted by Crippen LogP contribution is -2.32.